The van der Waals surface area contributed by atoms with Crippen LogP contribution in [0.2, 0.25) is 0 Å². The molecule has 1 nitrogen and oxygen atoms in total. The van der Waals surface area contributed by atoms with Crippen molar-refractivity contribution in [2.75, 3.05) is 0 Å². The highest BCUT2D eigenvalue weighted by molar-refractivity contribution is 5.17. The second-order valence-corrected chi connectivity index (χ2v) is 2.35. The van der Waals surface area contributed by atoms with Gasteiger partial charge >= 0.3 is 0 Å². The second-order valence-electron chi connectivity index (χ2n) is 2.35. The third-order valence-electron chi connectivity index (χ3n) is 1.57. The molecular formula is C8H9F2N. The Bertz CT molecular complexity index is 211. The fourth-order valence-corrected chi connectivity index (χ4v) is 0.844. The van der Waals surface area contributed by atoms with Gasteiger partial charge in [0.05, 0.1) is 6.04 Å². The molecule has 1 aromatic rings. The highest BCUT2D eigenvalue weighted by Crippen LogP contribution is 2.19. The fourth-order valence-electron chi connectivity index (χ4n) is 0.844. The summed E-state index contributed by atoms with van der Waals surface area (Å²) in [6.45, 7) is 1.45. The third-order valence-corrected chi connectivity index (χ3v) is 1.57. The second kappa shape index (κ2) is 3.44. The first-order valence-electron chi connectivity index (χ1n) is 3.37. The fraction of sp³-hybridized carbons (Fsp3) is 0.250. The van der Waals surface area contributed by atoms with Gasteiger partial charge in [0.15, 0.2) is 0 Å². The van der Waals surface area contributed by atoms with Crippen LogP contribution in [0.25, 0.3) is 0 Å². The Balaban J connectivity index is 2.77. The van der Waals surface area contributed by atoms with Gasteiger partial charge in [-0.25, -0.2) is 0 Å². The van der Waals surface area contributed by atoms with Gasteiger partial charge < -0.3 is 0 Å². The van der Waals surface area contributed by atoms with Crippen LogP contribution < -0.4 is 0 Å². The zero-order valence-electron chi connectivity index (χ0n) is 6.17. The molecule has 0 aliphatic carbocycles. The summed E-state index contributed by atoms with van der Waals surface area (Å²) in [5.74, 6) is 0. The molecule has 0 bridgehead atoms. The molecule has 11 heavy (non-hydrogen) atoms. The van der Waals surface area contributed by atoms with Crippen molar-refractivity contribution in [2.45, 2.75) is 13.0 Å². The van der Waals surface area contributed by atoms with Crippen molar-refractivity contribution >= 4 is 0 Å². The summed E-state index contributed by atoms with van der Waals surface area (Å²) in [5.41, 5.74) is 0.623. The van der Waals surface area contributed by atoms with Crippen LogP contribution in [0.4, 0.5) is 8.96 Å². The van der Waals surface area contributed by atoms with Crippen LogP contribution in [0.15, 0.2) is 30.3 Å². The molecule has 3 heteroatoms. The minimum absolute atomic E-state index is 0.623. The average Bonchev–Trinajstić information content (AvgIpc) is 2.05. The Labute approximate surface area is 64.1 Å². The predicted molar refractivity (Wildman–Crippen MR) is 38.9 cm³/mol. The normalized spacial score (nSPS) is 13.5. The summed E-state index contributed by atoms with van der Waals surface area (Å²) in [7, 11) is 0. The number of benzene rings is 1. The molecule has 1 rings (SSSR count). The van der Waals surface area contributed by atoms with E-state index >= 15 is 0 Å². The summed E-state index contributed by atoms with van der Waals surface area (Å²) in [6, 6.07) is 7.83. The zero-order valence-corrected chi connectivity index (χ0v) is 6.17. The van der Waals surface area contributed by atoms with Gasteiger partial charge in [0.2, 0.25) is 0 Å². The van der Waals surface area contributed by atoms with Crippen LogP contribution in [0.5, 0.6) is 0 Å². The van der Waals surface area contributed by atoms with Crippen molar-refractivity contribution < 1.29 is 8.96 Å². The monoisotopic (exact) mass is 157 g/mol. The van der Waals surface area contributed by atoms with E-state index in [9.17, 15) is 8.96 Å². The maximum atomic E-state index is 11.9. The molecule has 0 radical (unpaired) electrons. The molecule has 1 unspecified atom stereocenters. The average molecular weight is 157 g/mol. The van der Waals surface area contributed by atoms with Gasteiger partial charge in [-0.1, -0.05) is 30.3 Å². The van der Waals surface area contributed by atoms with E-state index in [1.807, 2.05) is 0 Å². The summed E-state index contributed by atoms with van der Waals surface area (Å²) in [5, 5.41) is -0.796. The Hall–Kier alpha value is -0.960. The SMILES string of the molecule is CC(c1ccccc1)N(F)F. The van der Waals surface area contributed by atoms with Gasteiger partial charge in [0, 0.05) is 5.34 Å². The van der Waals surface area contributed by atoms with Crippen LogP contribution in [0.1, 0.15) is 18.5 Å². The van der Waals surface area contributed by atoms with Crippen molar-refractivity contribution in [1.29, 1.82) is 0 Å². The van der Waals surface area contributed by atoms with Gasteiger partial charge in [0.1, 0.15) is 0 Å². The van der Waals surface area contributed by atoms with E-state index in [2.05, 4.69) is 0 Å². The van der Waals surface area contributed by atoms with E-state index in [1.165, 1.54) is 6.92 Å². The minimum atomic E-state index is -0.823. The molecule has 0 N–H and O–H groups in total. The van der Waals surface area contributed by atoms with Crippen molar-refractivity contribution in [2.24, 2.45) is 0 Å². The molecule has 0 spiro atoms. The van der Waals surface area contributed by atoms with Crippen LogP contribution in [-0.4, -0.2) is 5.34 Å². The highest BCUT2D eigenvalue weighted by Gasteiger charge is 2.12. The number of rotatable bonds is 2. The van der Waals surface area contributed by atoms with E-state index in [0.29, 0.717) is 5.56 Å². The number of hydrogen-bond acceptors (Lipinski definition) is 1. The van der Waals surface area contributed by atoms with E-state index in [-0.39, 0.29) is 0 Å². The van der Waals surface area contributed by atoms with Gasteiger partial charge in [-0.3, -0.25) is 0 Å². The van der Waals surface area contributed by atoms with Crippen molar-refractivity contribution in [1.82, 2.24) is 5.34 Å². The molecule has 60 valence electrons. The van der Waals surface area contributed by atoms with E-state index in [0.717, 1.165) is 0 Å². The molecule has 0 heterocycles. The van der Waals surface area contributed by atoms with Gasteiger partial charge in [-0.2, -0.15) is 0 Å². The maximum Gasteiger partial charge on any atom is 0.0951 e. The Morgan fingerprint density at radius 3 is 2.18 bits per heavy atom. The smallest absolute Gasteiger partial charge is 0.0951 e. The number of halogens is 2. The lowest BCUT2D eigenvalue weighted by Gasteiger charge is -2.10. The first-order valence-corrected chi connectivity index (χ1v) is 3.37. The quantitative estimate of drug-likeness (QED) is 0.596. The standard InChI is InChI=1S/C8H9F2N/c1-7(11(9)10)8-5-3-2-4-6-8/h2-7H,1H3. The molecule has 0 fully saturated rings. The van der Waals surface area contributed by atoms with E-state index < -0.39 is 11.4 Å². The molecule has 0 aromatic heterocycles. The summed E-state index contributed by atoms with van der Waals surface area (Å²) in [6.07, 6.45) is 0. The van der Waals surface area contributed by atoms with Crippen LogP contribution in [-0.2, 0) is 0 Å². The largest absolute Gasteiger partial charge is 0.101 e. The summed E-state index contributed by atoms with van der Waals surface area (Å²) < 4.78 is 23.9. The highest BCUT2D eigenvalue weighted by atomic mass is 19.4. The predicted octanol–water partition coefficient (Wildman–Crippen LogP) is 2.82. The molecule has 1 aromatic carbocycles. The first kappa shape index (κ1) is 8.14. The van der Waals surface area contributed by atoms with Crippen molar-refractivity contribution in [3.8, 4) is 0 Å². The minimum Gasteiger partial charge on any atom is -0.101 e. The maximum absolute atomic E-state index is 11.9. The van der Waals surface area contributed by atoms with Crippen molar-refractivity contribution in [3.63, 3.8) is 0 Å². The lowest BCUT2D eigenvalue weighted by atomic mass is 10.1. The molecule has 0 saturated carbocycles. The lowest BCUT2D eigenvalue weighted by molar-refractivity contribution is -0.184. The van der Waals surface area contributed by atoms with Crippen LogP contribution in [0, 0.1) is 0 Å². The molecule has 0 aliphatic heterocycles. The van der Waals surface area contributed by atoms with Crippen molar-refractivity contribution in [3.05, 3.63) is 35.9 Å². The Morgan fingerprint density at radius 2 is 1.73 bits per heavy atom. The first-order chi connectivity index (χ1) is 5.22. The van der Waals surface area contributed by atoms with Gasteiger partial charge in [0.25, 0.3) is 0 Å². The van der Waals surface area contributed by atoms with E-state index in [4.69, 9.17) is 0 Å². The molecular weight excluding hydrogens is 148 g/mol. The topological polar surface area (TPSA) is 3.24 Å². The molecule has 0 aliphatic rings. The molecule has 1 atom stereocenters. The van der Waals surface area contributed by atoms with Crippen LogP contribution in [0.3, 0.4) is 0 Å². The van der Waals surface area contributed by atoms with Crippen LogP contribution >= 0.6 is 0 Å². The number of nitrogens with zero attached hydrogens (tertiary/aromatic N) is 1. The van der Waals surface area contributed by atoms with Gasteiger partial charge in [-0.15, -0.1) is 8.96 Å². The Kier molecular flexibility index (Phi) is 2.54. The molecule has 0 amide bonds. The summed E-state index contributed by atoms with van der Waals surface area (Å²) >= 11 is 0. The summed E-state index contributed by atoms with van der Waals surface area (Å²) in [4.78, 5) is 0. The molecule has 0 saturated heterocycles. The number of hydrogen-bond donors (Lipinski definition) is 0. The zero-order chi connectivity index (χ0) is 8.27. The Morgan fingerprint density at radius 1 is 1.18 bits per heavy atom. The lowest BCUT2D eigenvalue weighted by Crippen LogP contribution is -2.07. The van der Waals surface area contributed by atoms with Gasteiger partial charge in [-0.05, 0) is 12.5 Å². The third kappa shape index (κ3) is 1.98. The van der Waals surface area contributed by atoms with E-state index in [1.54, 1.807) is 30.3 Å².